The molecule has 0 radical (unpaired) electrons. The summed E-state index contributed by atoms with van der Waals surface area (Å²) in [6, 6.07) is 7.58. The summed E-state index contributed by atoms with van der Waals surface area (Å²) >= 11 is 12.4. The fraction of sp³-hybridized carbons (Fsp3) is 0.375. The van der Waals surface area contributed by atoms with E-state index in [2.05, 4.69) is 16.9 Å². The minimum absolute atomic E-state index is 0.143. The number of hydrogen-bond acceptors (Lipinski definition) is 3. The van der Waals surface area contributed by atoms with Gasteiger partial charge < -0.3 is 4.74 Å². The molecular weight excluding hydrogens is 307 g/mol. The van der Waals surface area contributed by atoms with Crippen LogP contribution in [0.15, 0.2) is 24.3 Å². The predicted molar refractivity (Wildman–Crippen MR) is 87.2 cm³/mol. The van der Waals surface area contributed by atoms with E-state index in [1.54, 1.807) is 0 Å². The molecule has 1 heterocycles. The second kappa shape index (κ2) is 7.10. The van der Waals surface area contributed by atoms with Crippen LogP contribution in [0.2, 0.25) is 10.3 Å². The molecule has 0 atom stereocenters. The van der Waals surface area contributed by atoms with E-state index in [0.29, 0.717) is 16.1 Å². The predicted octanol–water partition coefficient (Wildman–Crippen LogP) is 5.19. The quantitative estimate of drug-likeness (QED) is 0.710. The van der Waals surface area contributed by atoms with E-state index in [-0.39, 0.29) is 6.10 Å². The van der Waals surface area contributed by atoms with Crippen LogP contribution in [0.4, 0.5) is 0 Å². The summed E-state index contributed by atoms with van der Waals surface area (Å²) in [6.07, 6.45) is 1.87. The van der Waals surface area contributed by atoms with Gasteiger partial charge in [0.1, 0.15) is 16.1 Å². The van der Waals surface area contributed by atoms with Gasteiger partial charge >= 0.3 is 0 Å². The Morgan fingerprint density at radius 3 is 2.10 bits per heavy atom. The molecule has 2 aromatic rings. The van der Waals surface area contributed by atoms with Crippen LogP contribution in [-0.4, -0.2) is 16.1 Å². The van der Waals surface area contributed by atoms with Crippen LogP contribution in [0.1, 0.15) is 32.8 Å². The molecule has 1 aromatic heterocycles. The Balaban J connectivity index is 2.30. The highest BCUT2D eigenvalue weighted by molar-refractivity contribution is 6.34. The molecular formula is C16H18Cl2N2O. The van der Waals surface area contributed by atoms with Crippen molar-refractivity contribution in [3.63, 3.8) is 0 Å². The van der Waals surface area contributed by atoms with Crippen LogP contribution >= 0.6 is 23.2 Å². The maximum atomic E-state index is 6.20. The molecule has 0 unspecified atom stereocenters. The van der Waals surface area contributed by atoms with E-state index in [1.165, 1.54) is 0 Å². The smallest absolute Gasteiger partial charge is 0.162 e. The van der Waals surface area contributed by atoms with Gasteiger partial charge in [-0.05, 0) is 44.5 Å². The van der Waals surface area contributed by atoms with E-state index in [9.17, 15) is 0 Å². The first-order chi connectivity index (χ1) is 10.0. The molecule has 21 heavy (non-hydrogen) atoms. The number of hydrogen-bond donors (Lipinski definition) is 0. The van der Waals surface area contributed by atoms with Crippen LogP contribution in [0.3, 0.4) is 0 Å². The third-order valence-electron chi connectivity index (χ3n) is 2.89. The fourth-order valence-corrected chi connectivity index (χ4v) is 2.55. The van der Waals surface area contributed by atoms with Crippen molar-refractivity contribution >= 4 is 23.2 Å². The molecule has 1 aromatic carbocycles. The molecule has 0 aliphatic heterocycles. The lowest BCUT2D eigenvalue weighted by molar-refractivity contribution is 0.242. The number of benzene rings is 1. The van der Waals surface area contributed by atoms with Crippen LogP contribution in [0.25, 0.3) is 11.4 Å². The van der Waals surface area contributed by atoms with Crippen molar-refractivity contribution < 1.29 is 4.74 Å². The lowest BCUT2D eigenvalue weighted by Gasteiger charge is -2.10. The van der Waals surface area contributed by atoms with E-state index in [0.717, 1.165) is 29.7 Å². The first-order valence-electron chi connectivity index (χ1n) is 7.00. The van der Waals surface area contributed by atoms with E-state index < -0.39 is 0 Å². The highest BCUT2D eigenvalue weighted by Gasteiger charge is 2.12. The average molecular weight is 325 g/mol. The molecule has 3 nitrogen and oxygen atoms in total. The second-order valence-corrected chi connectivity index (χ2v) is 5.76. The van der Waals surface area contributed by atoms with Crippen LogP contribution in [-0.2, 0) is 6.42 Å². The van der Waals surface area contributed by atoms with Gasteiger partial charge in [0.05, 0.1) is 6.10 Å². The Labute approximate surface area is 135 Å². The molecule has 5 heteroatoms. The third kappa shape index (κ3) is 4.08. The van der Waals surface area contributed by atoms with Crippen molar-refractivity contribution in [3.05, 3.63) is 40.1 Å². The summed E-state index contributed by atoms with van der Waals surface area (Å²) in [6.45, 7) is 6.04. The van der Waals surface area contributed by atoms with E-state index >= 15 is 0 Å². The highest BCUT2D eigenvalue weighted by Crippen LogP contribution is 2.27. The number of aromatic nitrogens is 2. The van der Waals surface area contributed by atoms with Crippen LogP contribution < -0.4 is 4.74 Å². The summed E-state index contributed by atoms with van der Waals surface area (Å²) in [5, 5.41) is 0.851. The van der Waals surface area contributed by atoms with Gasteiger partial charge in [0.2, 0.25) is 0 Å². The fourth-order valence-electron chi connectivity index (χ4n) is 1.97. The van der Waals surface area contributed by atoms with E-state index in [1.807, 2.05) is 38.1 Å². The lowest BCUT2D eigenvalue weighted by atomic mass is 10.1. The molecule has 0 saturated carbocycles. The summed E-state index contributed by atoms with van der Waals surface area (Å²) in [7, 11) is 0. The van der Waals surface area contributed by atoms with Gasteiger partial charge in [-0.15, -0.1) is 0 Å². The zero-order valence-corrected chi connectivity index (χ0v) is 13.9. The summed E-state index contributed by atoms with van der Waals surface area (Å²) in [5.74, 6) is 1.34. The largest absolute Gasteiger partial charge is 0.491 e. The Kier molecular flexibility index (Phi) is 5.43. The van der Waals surface area contributed by atoms with Gasteiger partial charge in [-0.2, -0.15) is 0 Å². The monoisotopic (exact) mass is 324 g/mol. The normalized spacial score (nSPS) is 11.0. The van der Waals surface area contributed by atoms with Gasteiger partial charge in [0.25, 0.3) is 0 Å². The van der Waals surface area contributed by atoms with Crippen molar-refractivity contribution in [3.8, 4) is 17.1 Å². The third-order valence-corrected chi connectivity index (χ3v) is 3.52. The maximum absolute atomic E-state index is 6.20. The number of ether oxygens (including phenoxy) is 1. The van der Waals surface area contributed by atoms with Crippen molar-refractivity contribution in [1.29, 1.82) is 0 Å². The molecule has 0 N–H and O–H groups in total. The topological polar surface area (TPSA) is 35.0 Å². The lowest BCUT2D eigenvalue weighted by Crippen LogP contribution is -2.05. The maximum Gasteiger partial charge on any atom is 0.162 e. The zero-order valence-electron chi connectivity index (χ0n) is 12.4. The first kappa shape index (κ1) is 16.1. The SMILES string of the molecule is CCCc1c(Cl)nc(-c2ccc(OC(C)C)cc2)nc1Cl. The molecule has 0 fully saturated rings. The van der Waals surface area contributed by atoms with Gasteiger partial charge in [0.15, 0.2) is 5.82 Å². The number of halogens is 2. The Bertz CT molecular complexity index is 589. The van der Waals surface area contributed by atoms with Crippen molar-refractivity contribution in [1.82, 2.24) is 9.97 Å². The molecule has 0 aliphatic rings. The molecule has 2 rings (SSSR count). The summed E-state index contributed by atoms with van der Waals surface area (Å²) in [4.78, 5) is 8.68. The van der Waals surface area contributed by atoms with Gasteiger partial charge in [-0.3, -0.25) is 0 Å². The number of rotatable bonds is 5. The minimum atomic E-state index is 0.143. The van der Waals surface area contributed by atoms with Gasteiger partial charge in [-0.1, -0.05) is 36.5 Å². The molecule has 0 spiro atoms. The minimum Gasteiger partial charge on any atom is -0.491 e. The van der Waals surface area contributed by atoms with Gasteiger partial charge in [-0.25, -0.2) is 9.97 Å². The van der Waals surface area contributed by atoms with Crippen LogP contribution in [0.5, 0.6) is 5.75 Å². The molecule has 0 saturated heterocycles. The van der Waals surface area contributed by atoms with Crippen LogP contribution in [0, 0.1) is 0 Å². The Morgan fingerprint density at radius 2 is 1.62 bits per heavy atom. The molecule has 0 amide bonds. The molecule has 112 valence electrons. The number of nitrogens with zero attached hydrogens (tertiary/aromatic N) is 2. The second-order valence-electron chi connectivity index (χ2n) is 5.05. The van der Waals surface area contributed by atoms with Gasteiger partial charge in [0, 0.05) is 11.1 Å². The highest BCUT2D eigenvalue weighted by atomic mass is 35.5. The van der Waals surface area contributed by atoms with Crippen molar-refractivity contribution in [2.45, 2.75) is 39.7 Å². The Morgan fingerprint density at radius 1 is 1.05 bits per heavy atom. The Hall–Kier alpha value is -1.32. The van der Waals surface area contributed by atoms with Crippen molar-refractivity contribution in [2.24, 2.45) is 0 Å². The average Bonchev–Trinajstić information content (AvgIpc) is 2.43. The molecule has 0 bridgehead atoms. The first-order valence-corrected chi connectivity index (χ1v) is 7.75. The molecule has 0 aliphatic carbocycles. The summed E-state index contributed by atoms with van der Waals surface area (Å²) < 4.78 is 5.61. The standard InChI is InChI=1S/C16H18Cl2N2O/c1-4-5-13-14(17)19-16(20-15(13)18)11-6-8-12(9-7-11)21-10(2)3/h6-10H,4-5H2,1-3H3. The zero-order chi connectivity index (χ0) is 15.4. The van der Waals surface area contributed by atoms with Crippen molar-refractivity contribution in [2.75, 3.05) is 0 Å². The van der Waals surface area contributed by atoms with E-state index in [4.69, 9.17) is 27.9 Å². The summed E-state index contributed by atoms with van der Waals surface area (Å²) in [5.41, 5.74) is 1.67.